The van der Waals surface area contributed by atoms with Gasteiger partial charge in [-0.3, -0.25) is 9.59 Å². The molecule has 0 unspecified atom stereocenters. The summed E-state index contributed by atoms with van der Waals surface area (Å²) in [6.45, 7) is 1.90. The number of methoxy groups -OCH3 is 1. The normalized spacial score (nSPS) is 19.2. The Morgan fingerprint density at radius 2 is 1.84 bits per heavy atom. The number of ether oxygens (including phenoxy) is 1. The molecule has 25 heavy (non-hydrogen) atoms. The molecule has 1 amide bonds. The van der Waals surface area contributed by atoms with Crippen LogP contribution in [0.15, 0.2) is 48.5 Å². The lowest BCUT2D eigenvalue weighted by atomic mass is 9.86. The number of anilines is 1. The van der Waals surface area contributed by atoms with E-state index < -0.39 is 11.9 Å². The summed E-state index contributed by atoms with van der Waals surface area (Å²) in [6.07, 6.45) is 0.682. The minimum absolute atomic E-state index is 0.0334. The van der Waals surface area contributed by atoms with Crippen molar-refractivity contribution in [3.05, 3.63) is 59.7 Å². The summed E-state index contributed by atoms with van der Waals surface area (Å²) >= 11 is 0. The molecule has 0 spiro atoms. The summed E-state index contributed by atoms with van der Waals surface area (Å²) < 4.78 is 5.14. The molecule has 0 aliphatic carbocycles. The van der Waals surface area contributed by atoms with Crippen LogP contribution in [0.3, 0.4) is 0 Å². The van der Waals surface area contributed by atoms with E-state index >= 15 is 0 Å². The van der Waals surface area contributed by atoms with Crippen molar-refractivity contribution in [2.75, 3.05) is 12.0 Å². The highest BCUT2D eigenvalue weighted by Gasteiger charge is 2.36. The zero-order chi connectivity index (χ0) is 18.0. The van der Waals surface area contributed by atoms with Gasteiger partial charge in [0.2, 0.25) is 5.91 Å². The molecule has 1 heterocycles. The Morgan fingerprint density at radius 3 is 2.48 bits per heavy atom. The van der Waals surface area contributed by atoms with Gasteiger partial charge in [-0.15, -0.1) is 0 Å². The van der Waals surface area contributed by atoms with E-state index in [4.69, 9.17) is 4.74 Å². The molecule has 3 rings (SSSR count). The van der Waals surface area contributed by atoms with E-state index in [1.807, 2.05) is 49.4 Å². The van der Waals surface area contributed by atoms with Crippen LogP contribution in [0, 0.1) is 0 Å². The third-order valence-corrected chi connectivity index (χ3v) is 4.67. The summed E-state index contributed by atoms with van der Waals surface area (Å²) in [4.78, 5) is 26.2. The summed E-state index contributed by atoms with van der Waals surface area (Å²) in [7, 11) is 1.60. The second-order valence-electron chi connectivity index (χ2n) is 6.32. The molecule has 0 radical (unpaired) electrons. The van der Waals surface area contributed by atoms with Gasteiger partial charge in [0.1, 0.15) is 5.75 Å². The van der Waals surface area contributed by atoms with Gasteiger partial charge in [-0.05, 0) is 42.7 Å². The number of carbonyl (C=O) groups is 2. The Morgan fingerprint density at radius 1 is 1.16 bits per heavy atom. The van der Waals surface area contributed by atoms with Gasteiger partial charge < -0.3 is 14.7 Å². The molecule has 2 aromatic carbocycles. The van der Waals surface area contributed by atoms with Gasteiger partial charge >= 0.3 is 5.97 Å². The molecule has 5 nitrogen and oxygen atoms in total. The predicted molar refractivity (Wildman–Crippen MR) is 95.1 cm³/mol. The number of aliphatic carboxylic acids is 1. The Labute approximate surface area is 146 Å². The molecule has 2 atom stereocenters. The van der Waals surface area contributed by atoms with E-state index in [0.29, 0.717) is 17.7 Å². The number of para-hydroxylation sites is 1. The molecule has 5 heteroatoms. The minimum Gasteiger partial charge on any atom is -0.497 e. The summed E-state index contributed by atoms with van der Waals surface area (Å²) in [5.41, 5.74) is 2.30. The fourth-order valence-electron chi connectivity index (χ4n) is 3.43. The Balaban J connectivity index is 1.88. The summed E-state index contributed by atoms with van der Waals surface area (Å²) in [5.74, 6) is -0.705. The van der Waals surface area contributed by atoms with Crippen molar-refractivity contribution in [2.45, 2.75) is 31.7 Å². The average Bonchev–Trinajstić information content (AvgIpc) is 2.61. The van der Waals surface area contributed by atoms with Crippen molar-refractivity contribution in [1.82, 2.24) is 0 Å². The number of fused-ring (bicyclic) bond motifs is 1. The lowest BCUT2D eigenvalue weighted by Crippen LogP contribution is -2.45. The van der Waals surface area contributed by atoms with Gasteiger partial charge in [0.15, 0.2) is 0 Å². The smallest absolute Gasteiger partial charge is 0.311 e. The number of hydrogen-bond donors (Lipinski definition) is 1. The summed E-state index contributed by atoms with van der Waals surface area (Å²) in [5, 5.41) is 9.50. The minimum atomic E-state index is -0.846. The molecule has 1 aliphatic rings. The van der Waals surface area contributed by atoms with Gasteiger partial charge in [0.25, 0.3) is 0 Å². The van der Waals surface area contributed by atoms with Crippen LogP contribution in [-0.4, -0.2) is 30.1 Å². The maximum atomic E-state index is 12.9. The first kappa shape index (κ1) is 17.0. The van der Waals surface area contributed by atoms with Crippen molar-refractivity contribution in [3.63, 3.8) is 0 Å². The predicted octanol–water partition coefficient (Wildman–Crippen LogP) is 3.23. The monoisotopic (exact) mass is 339 g/mol. The van der Waals surface area contributed by atoms with E-state index in [1.165, 1.54) is 0 Å². The van der Waals surface area contributed by atoms with Gasteiger partial charge in [-0.2, -0.15) is 0 Å². The van der Waals surface area contributed by atoms with Crippen molar-refractivity contribution in [3.8, 4) is 5.75 Å². The second kappa shape index (κ2) is 6.97. The van der Waals surface area contributed by atoms with Crippen LogP contribution in [0.2, 0.25) is 0 Å². The Bertz CT molecular complexity index is 785. The number of nitrogens with zero attached hydrogens (tertiary/aromatic N) is 1. The first-order chi connectivity index (χ1) is 12.0. The number of amides is 1. The lowest BCUT2D eigenvalue weighted by molar-refractivity contribution is -0.139. The third-order valence-electron chi connectivity index (χ3n) is 4.67. The quantitative estimate of drug-likeness (QED) is 0.929. The molecule has 0 fully saturated rings. The van der Waals surface area contributed by atoms with Crippen molar-refractivity contribution in [1.29, 1.82) is 0 Å². The zero-order valence-corrected chi connectivity index (χ0v) is 14.3. The standard InChI is InChI=1S/C20H21NO4/c1-13-11-17(20(23)24)16-5-3-4-6-18(16)21(13)19(22)12-14-7-9-15(25-2)10-8-14/h3-10,13,17H,11-12H2,1-2H3,(H,23,24)/t13-,17-/m0/s1. The van der Waals surface area contributed by atoms with Crippen LogP contribution in [0.4, 0.5) is 5.69 Å². The summed E-state index contributed by atoms with van der Waals surface area (Å²) in [6, 6.07) is 14.5. The highest BCUT2D eigenvalue weighted by atomic mass is 16.5. The first-order valence-electron chi connectivity index (χ1n) is 8.28. The molecule has 1 aliphatic heterocycles. The van der Waals surface area contributed by atoms with Crippen LogP contribution in [0.25, 0.3) is 0 Å². The molecule has 0 saturated heterocycles. The van der Waals surface area contributed by atoms with Crippen LogP contribution in [0.1, 0.15) is 30.4 Å². The number of benzene rings is 2. The lowest BCUT2D eigenvalue weighted by Gasteiger charge is -2.38. The van der Waals surface area contributed by atoms with Crippen LogP contribution >= 0.6 is 0 Å². The number of carboxylic acids is 1. The maximum Gasteiger partial charge on any atom is 0.311 e. The first-order valence-corrected chi connectivity index (χ1v) is 8.28. The van der Waals surface area contributed by atoms with Crippen LogP contribution in [-0.2, 0) is 16.0 Å². The van der Waals surface area contributed by atoms with Crippen LogP contribution in [0.5, 0.6) is 5.75 Å². The largest absolute Gasteiger partial charge is 0.497 e. The molecular weight excluding hydrogens is 318 g/mol. The SMILES string of the molecule is COc1ccc(CC(=O)N2c3ccccc3[C@@H](C(=O)O)C[C@@H]2C)cc1. The van der Waals surface area contributed by atoms with Crippen molar-refractivity contribution >= 4 is 17.6 Å². The second-order valence-corrected chi connectivity index (χ2v) is 6.32. The number of carboxylic acid groups (broad SMARTS) is 1. The maximum absolute atomic E-state index is 12.9. The van der Waals surface area contributed by atoms with Gasteiger partial charge in [0, 0.05) is 11.7 Å². The molecule has 1 N–H and O–H groups in total. The van der Waals surface area contributed by atoms with Crippen molar-refractivity contribution < 1.29 is 19.4 Å². The van der Waals surface area contributed by atoms with Crippen LogP contribution < -0.4 is 9.64 Å². The molecule has 0 bridgehead atoms. The fourth-order valence-corrected chi connectivity index (χ4v) is 3.43. The van der Waals surface area contributed by atoms with E-state index in [9.17, 15) is 14.7 Å². The Hall–Kier alpha value is -2.82. The molecule has 0 aromatic heterocycles. The third kappa shape index (κ3) is 3.36. The molecular formula is C20H21NO4. The Kier molecular flexibility index (Phi) is 4.74. The van der Waals surface area contributed by atoms with Crippen molar-refractivity contribution in [2.24, 2.45) is 0 Å². The molecule has 0 saturated carbocycles. The molecule has 2 aromatic rings. The number of hydrogen-bond acceptors (Lipinski definition) is 3. The number of rotatable bonds is 4. The fraction of sp³-hybridized carbons (Fsp3) is 0.300. The molecule has 130 valence electrons. The highest BCUT2D eigenvalue weighted by molar-refractivity contribution is 5.98. The van der Waals surface area contributed by atoms with E-state index in [0.717, 1.165) is 11.3 Å². The van der Waals surface area contributed by atoms with E-state index in [1.54, 1.807) is 18.1 Å². The van der Waals surface area contributed by atoms with E-state index in [-0.39, 0.29) is 18.4 Å². The number of carbonyl (C=O) groups excluding carboxylic acids is 1. The zero-order valence-electron chi connectivity index (χ0n) is 14.3. The van der Waals surface area contributed by atoms with E-state index in [2.05, 4.69) is 0 Å². The van der Waals surface area contributed by atoms with Gasteiger partial charge in [-0.1, -0.05) is 30.3 Å². The van der Waals surface area contributed by atoms with Gasteiger partial charge in [0.05, 0.1) is 19.4 Å². The average molecular weight is 339 g/mol. The topological polar surface area (TPSA) is 66.8 Å². The highest BCUT2D eigenvalue weighted by Crippen LogP contribution is 2.38. The van der Waals surface area contributed by atoms with Gasteiger partial charge in [-0.25, -0.2) is 0 Å².